The molecule has 0 saturated heterocycles. The van der Waals surface area contributed by atoms with Gasteiger partial charge in [0.15, 0.2) is 0 Å². The van der Waals surface area contributed by atoms with Crippen LogP contribution in [-0.2, 0) is 9.59 Å². The fraction of sp³-hybridized carbons (Fsp3) is 0.143. The molecule has 0 fully saturated rings. The van der Waals surface area contributed by atoms with Crippen LogP contribution in [0.4, 0.5) is 9.59 Å². The Bertz CT molecular complexity index is 402. The third-order valence-electron chi connectivity index (χ3n) is 1.72. The Balaban J connectivity index is 5.04. The molecule has 10 N–H and O–H groups in total. The predicted molar refractivity (Wildman–Crippen MR) is 61.3 cm³/mol. The summed E-state index contributed by atoms with van der Waals surface area (Å²) < 4.78 is 0. The van der Waals surface area contributed by atoms with E-state index in [4.69, 9.17) is 33.8 Å². The maximum Gasteiger partial charge on any atom is 0.328 e. The number of imide groups is 2. The number of carbonyl (C=O) groups is 4. The molecular weight excluding hydrogens is 260 g/mol. The Hall–Kier alpha value is -3.18. The summed E-state index contributed by atoms with van der Waals surface area (Å²) in [5.74, 6) is -4.53. The molecule has 0 spiro atoms. The molecule has 0 aromatic heterocycles. The van der Waals surface area contributed by atoms with E-state index in [9.17, 15) is 19.2 Å². The molecule has 0 radical (unpaired) electrons. The zero-order chi connectivity index (χ0) is 15.3. The van der Waals surface area contributed by atoms with E-state index >= 15 is 0 Å². The van der Waals surface area contributed by atoms with Crippen molar-refractivity contribution in [3.05, 3.63) is 0 Å². The van der Waals surface area contributed by atoms with Gasteiger partial charge in [-0.25, -0.2) is 19.4 Å². The largest absolute Gasteiger partial charge is 0.369 e. The first kappa shape index (κ1) is 15.8. The molecule has 0 bridgehead atoms. The molecule has 0 atom stereocenters. The SMILES string of the molecule is N=C(N)N(C(N)=O)C(=O)CC(=O)N(C(=N)N)C(N)=O. The van der Waals surface area contributed by atoms with Crippen molar-refractivity contribution in [2.45, 2.75) is 6.42 Å². The highest BCUT2D eigenvalue weighted by atomic mass is 16.2. The van der Waals surface area contributed by atoms with E-state index in [1.54, 1.807) is 0 Å². The van der Waals surface area contributed by atoms with Crippen LogP contribution in [0.5, 0.6) is 0 Å². The van der Waals surface area contributed by atoms with Crippen molar-refractivity contribution in [1.82, 2.24) is 9.80 Å². The quantitative estimate of drug-likeness (QED) is 0.174. The molecule has 0 aliphatic heterocycles. The van der Waals surface area contributed by atoms with Gasteiger partial charge >= 0.3 is 12.1 Å². The van der Waals surface area contributed by atoms with Crippen molar-refractivity contribution in [1.29, 1.82) is 10.8 Å². The van der Waals surface area contributed by atoms with E-state index in [-0.39, 0.29) is 9.80 Å². The Labute approximate surface area is 106 Å². The van der Waals surface area contributed by atoms with Crippen LogP contribution in [0, 0.1) is 10.8 Å². The number of rotatable bonds is 2. The molecule has 6 amide bonds. The second kappa shape index (κ2) is 5.95. The molecule has 0 aliphatic rings. The lowest BCUT2D eigenvalue weighted by atomic mass is 10.3. The molecule has 0 rings (SSSR count). The summed E-state index contributed by atoms with van der Waals surface area (Å²) in [6, 6.07) is -2.75. The first-order valence-corrected chi connectivity index (χ1v) is 4.52. The zero-order valence-corrected chi connectivity index (χ0v) is 9.54. The average molecular weight is 272 g/mol. The fourth-order valence-electron chi connectivity index (χ4n) is 1.04. The van der Waals surface area contributed by atoms with Gasteiger partial charge in [-0.15, -0.1) is 0 Å². The van der Waals surface area contributed by atoms with Gasteiger partial charge in [0.25, 0.3) is 0 Å². The van der Waals surface area contributed by atoms with Gasteiger partial charge in [-0.2, -0.15) is 0 Å². The van der Waals surface area contributed by atoms with Gasteiger partial charge in [0, 0.05) is 0 Å². The van der Waals surface area contributed by atoms with Crippen LogP contribution in [0.3, 0.4) is 0 Å². The predicted octanol–water partition coefficient (Wildman–Crippen LogP) is -3.02. The Morgan fingerprint density at radius 3 is 1.16 bits per heavy atom. The standard InChI is InChI=1S/C7H12N8O4/c8-4(9)14(6(12)18)2(16)1-3(17)15(5(10)11)7(13)19/h1H2,(H3,8,9)(H3,10,11)(H2,12,18)(H2,13,19). The molecule has 104 valence electrons. The Morgan fingerprint density at radius 2 is 1.00 bits per heavy atom. The molecule has 0 aliphatic carbocycles. The van der Waals surface area contributed by atoms with E-state index in [1.807, 2.05) is 0 Å². The molecule has 12 nitrogen and oxygen atoms in total. The average Bonchev–Trinajstić information content (AvgIpc) is 2.13. The third-order valence-corrected chi connectivity index (χ3v) is 1.72. The molecule has 0 saturated carbocycles. The number of nitrogens with one attached hydrogen (secondary N) is 2. The van der Waals surface area contributed by atoms with Crippen LogP contribution < -0.4 is 22.9 Å². The fourth-order valence-corrected chi connectivity index (χ4v) is 1.04. The Kier molecular flexibility index (Phi) is 4.95. The topological polar surface area (TPSA) is 227 Å². The first-order valence-electron chi connectivity index (χ1n) is 4.52. The number of guanidine groups is 2. The lowest BCUT2D eigenvalue weighted by molar-refractivity contribution is -0.133. The second-order valence-corrected chi connectivity index (χ2v) is 3.08. The molecular formula is C7H12N8O4. The number of hydrogen-bond donors (Lipinski definition) is 6. The van der Waals surface area contributed by atoms with Crippen LogP contribution in [-0.4, -0.2) is 45.6 Å². The van der Waals surface area contributed by atoms with E-state index < -0.39 is 42.2 Å². The first-order chi connectivity index (χ1) is 8.59. The number of amides is 6. The summed E-state index contributed by atoms with van der Waals surface area (Å²) >= 11 is 0. The second-order valence-electron chi connectivity index (χ2n) is 3.08. The van der Waals surface area contributed by atoms with Gasteiger partial charge in [-0.05, 0) is 0 Å². The minimum absolute atomic E-state index is 0.0111. The lowest BCUT2D eigenvalue weighted by Crippen LogP contribution is -2.52. The lowest BCUT2D eigenvalue weighted by Gasteiger charge is -2.19. The summed E-state index contributed by atoms with van der Waals surface area (Å²) in [6.07, 6.45) is -1.08. The summed E-state index contributed by atoms with van der Waals surface area (Å²) in [5, 5.41) is 13.9. The molecule has 12 heteroatoms. The molecule has 19 heavy (non-hydrogen) atoms. The van der Waals surface area contributed by atoms with Crippen LogP contribution in [0.25, 0.3) is 0 Å². The van der Waals surface area contributed by atoms with Crippen molar-refractivity contribution in [2.24, 2.45) is 22.9 Å². The third kappa shape index (κ3) is 3.95. The molecule has 0 aromatic carbocycles. The van der Waals surface area contributed by atoms with Gasteiger partial charge in [-0.3, -0.25) is 20.4 Å². The summed E-state index contributed by atoms with van der Waals surface area (Å²) in [7, 11) is 0. The normalized spacial score (nSPS) is 9.26. The maximum absolute atomic E-state index is 11.5. The molecule has 0 aromatic rings. The van der Waals surface area contributed by atoms with Crippen LogP contribution in [0.15, 0.2) is 0 Å². The zero-order valence-electron chi connectivity index (χ0n) is 9.54. The number of nitrogens with zero attached hydrogens (tertiary/aromatic N) is 2. The van der Waals surface area contributed by atoms with Gasteiger partial charge in [-0.1, -0.05) is 0 Å². The van der Waals surface area contributed by atoms with Crippen molar-refractivity contribution < 1.29 is 19.2 Å². The summed E-state index contributed by atoms with van der Waals surface area (Å²) in [5.41, 5.74) is 19.4. The van der Waals surface area contributed by atoms with Crippen LogP contribution in [0.1, 0.15) is 6.42 Å². The van der Waals surface area contributed by atoms with Gasteiger partial charge < -0.3 is 22.9 Å². The van der Waals surface area contributed by atoms with Crippen molar-refractivity contribution in [3.63, 3.8) is 0 Å². The number of carbonyl (C=O) groups excluding carboxylic acids is 4. The van der Waals surface area contributed by atoms with Gasteiger partial charge in [0.1, 0.15) is 6.42 Å². The number of nitrogens with two attached hydrogens (primary N) is 4. The van der Waals surface area contributed by atoms with E-state index in [2.05, 4.69) is 0 Å². The highest BCUT2D eigenvalue weighted by Gasteiger charge is 2.29. The van der Waals surface area contributed by atoms with E-state index in [1.165, 1.54) is 0 Å². The van der Waals surface area contributed by atoms with Crippen molar-refractivity contribution in [2.75, 3.05) is 0 Å². The number of hydrogen-bond acceptors (Lipinski definition) is 6. The highest BCUT2D eigenvalue weighted by Crippen LogP contribution is 1.99. The van der Waals surface area contributed by atoms with E-state index in [0.717, 1.165) is 0 Å². The monoisotopic (exact) mass is 272 g/mol. The highest BCUT2D eigenvalue weighted by molar-refractivity contribution is 6.18. The Morgan fingerprint density at radius 1 is 0.737 bits per heavy atom. The minimum atomic E-state index is -1.38. The molecule has 0 heterocycles. The van der Waals surface area contributed by atoms with Crippen LogP contribution >= 0.6 is 0 Å². The number of primary amides is 2. The smallest absolute Gasteiger partial charge is 0.328 e. The maximum atomic E-state index is 11.5. The van der Waals surface area contributed by atoms with Crippen LogP contribution in [0.2, 0.25) is 0 Å². The van der Waals surface area contributed by atoms with Crippen molar-refractivity contribution >= 4 is 35.8 Å². The summed E-state index contributed by atoms with van der Waals surface area (Å²) in [6.45, 7) is 0. The van der Waals surface area contributed by atoms with Gasteiger partial charge in [0.2, 0.25) is 23.7 Å². The summed E-state index contributed by atoms with van der Waals surface area (Å²) in [4.78, 5) is 44.6. The van der Waals surface area contributed by atoms with Crippen molar-refractivity contribution in [3.8, 4) is 0 Å². The number of urea groups is 2. The van der Waals surface area contributed by atoms with E-state index in [0.29, 0.717) is 0 Å². The molecule has 0 unspecified atom stereocenters. The minimum Gasteiger partial charge on any atom is -0.369 e. The van der Waals surface area contributed by atoms with Gasteiger partial charge in [0.05, 0.1) is 0 Å².